The fourth-order valence-electron chi connectivity index (χ4n) is 3.33. The summed E-state index contributed by atoms with van der Waals surface area (Å²) in [7, 11) is -3.62. The highest BCUT2D eigenvalue weighted by atomic mass is 35.5. The van der Waals surface area contributed by atoms with Gasteiger partial charge in [-0.3, -0.25) is 14.2 Å². The minimum Gasteiger partial charge on any atom is -0.508 e. The molecule has 2 aliphatic rings. The van der Waals surface area contributed by atoms with E-state index in [1.807, 2.05) is 37.4 Å². The van der Waals surface area contributed by atoms with Gasteiger partial charge in [0.15, 0.2) is 0 Å². The number of aliphatic imine (C=N–C) groups is 2. The van der Waals surface area contributed by atoms with Gasteiger partial charge in [-0.1, -0.05) is 29.8 Å². The normalized spacial score (nSPS) is 12.6. The molecule has 0 unspecified atom stereocenters. The molecule has 1 N–H and O–H groups in total. The topological polar surface area (TPSA) is 97.6 Å². The number of nitrogens with zero attached hydrogens (tertiary/aromatic N) is 2. The number of hydrogen-bond donors (Lipinski definition) is 1. The van der Waals surface area contributed by atoms with E-state index in [0.717, 1.165) is 35.5 Å². The summed E-state index contributed by atoms with van der Waals surface area (Å²) in [6.07, 6.45) is 3.66. The summed E-state index contributed by atoms with van der Waals surface area (Å²) in [6, 6.07) is 17.8. The number of benzene rings is 3. The van der Waals surface area contributed by atoms with Crippen molar-refractivity contribution in [3.63, 3.8) is 0 Å². The van der Waals surface area contributed by atoms with Crippen LogP contribution in [0.5, 0.6) is 11.5 Å². The highest BCUT2D eigenvalue weighted by molar-refractivity contribution is 7.86. The first kappa shape index (κ1) is 28.7. The molecule has 196 valence electrons. The fraction of sp³-hybridized carbons (Fsp3) is 0.259. The van der Waals surface area contributed by atoms with Crippen molar-refractivity contribution in [3.8, 4) is 11.5 Å². The molecule has 0 radical (unpaired) electrons. The Morgan fingerprint density at radius 2 is 1.43 bits per heavy atom. The highest BCUT2D eigenvalue weighted by Crippen LogP contribution is 2.21. The van der Waals surface area contributed by atoms with Crippen LogP contribution in [0.3, 0.4) is 0 Å². The van der Waals surface area contributed by atoms with E-state index >= 15 is 0 Å². The standard InChI is InChI=1S/C10H10ClNO.C9H11ClO3S.C8H7NO/c11-3-4-13-10-2-1-8-6-12-7-9(8)5-10;1-8-2-4-9(5-3-8)14(11,12)13-7-6-10;10-8-2-1-6-4-9-5-7(6)3-8/h1-2,5,7H,3-4,6H2;2-5H,6-7H2,1H3;1-3,5,10H,4H2. The van der Waals surface area contributed by atoms with Crippen molar-refractivity contribution in [1.29, 1.82) is 0 Å². The number of fused-ring (bicyclic) bond motifs is 2. The van der Waals surface area contributed by atoms with Crippen LogP contribution in [-0.4, -0.2) is 50.9 Å². The molecule has 0 atom stereocenters. The van der Waals surface area contributed by atoms with Crippen molar-refractivity contribution in [2.24, 2.45) is 9.98 Å². The fourth-order valence-corrected chi connectivity index (χ4v) is 4.48. The van der Waals surface area contributed by atoms with Crippen molar-refractivity contribution in [3.05, 3.63) is 88.5 Å². The Hall–Kier alpha value is -2.91. The third-order valence-electron chi connectivity index (χ3n) is 5.20. The zero-order chi connectivity index (χ0) is 26.7. The zero-order valence-electron chi connectivity index (χ0n) is 20.3. The van der Waals surface area contributed by atoms with Gasteiger partial charge in [0.05, 0.1) is 30.5 Å². The molecule has 0 saturated carbocycles. The maximum Gasteiger partial charge on any atom is 0.297 e. The molecule has 0 spiro atoms. The van der Waals surface area contributed by atoms with Crippen molar-refractivity contribution in [2.75, 3.05) is 25.0 Å². The van der Waals surface area contributed by atoms with E-state index in [2.05, 4.69) is 14.2 Å². The van der Waals surface area contributed by atoms with Gasteiger partial charge < -0.3 is 9.84 Å². The second kappa shape index (κ2) is 14.1. The number of ether oxygens (including phenoxy) is 1. The summed E-state index contributed by atoms with van der Waals surface area (Å²) in [5.74, 6) is 1.86. The van der Waals surface area contributed by atoms with Gasteiger partial charge in [0, 0.05) is 29.4 Å². The minimum atomic E-state index is -3.62. The minimum absolute atomic E-state index is 0.00222. The maximum atomic E-state index is 11.4. The molecule has 3 aromatic rings. The van der Waals surface area contributed by atoms with Crippen LogP contribution >= 0.6 is 23.2 Å². The van der Waals surface area contributed by atoms with Crippen LogP contribution in [0.25, 0.3) is 0 Å². The summed E-state index contributed by atoms with van der Waals surface area (Å²) in [4.78, 5) is 8.38. The number of phenolic OH excluding ortho intramolecular Hbond substituents is 1. The molecular formula is C27H28Cl2N2O5S. The van der Waals surface area contributed by atoms with E-state index in [-0.39, 0.29) is 17.4 Å². The molecule has 0 fully saturated rings. The maximum absolute atomic E-state index is 11.4. The number of rotatable bonds is 7. The average molecular weight is 564 g/mol. The summed E-state index contributed by atoms with van der Waals surface area (Å²) in [5, 5.41) is 9.03. The van der Waals surface area contributed by atoms with E-state index in [1.165, 1.54) is 23.3 Å². The van der Waals surface area contributed by atoms with Crippen LogP contribution in [0.15, 0.2) is 75.5 Å². The van der Waals surface area contributed by atoms with Crippen molar-refractivity contribution in [1.82, 2.24) is 0 Å². The molecule has 2 aliphatic heterocycles. The van der Waals surface area contributed by atoms with E-state index in [0.29, 0.717) is 18.2 Å². The van der Waals surface area contributed by atoms with Gasteiger partial charge >= 0.3 is 0 Å². The van der Waals surface area contributed by atoms with E-state index in [1.54, 1.807) is 30.5 Å². The molecule has 37 heavy (non-hydrogen) atoms. The Morgan fingerprint density at radius 1 is 0.838 bits per heavy atom. The van der Waals surface area contributed by atoms with Crippen LogP contribution in [0, 0.1) is 6.92 Å². The molecule has 10 heteroatoms. The lowest BCUT2D eigenvalue weighted by atomic mass is 10.1. The lowest BCUT2D eigenvalue weighted by Gasteiger charge is -2.04. The predicted octanol–water partition coefficient (Wildman–Crippen LogP) is 5.50. The first-order valence-corrected chi connectivity index (χ1v) is 14.0. The van der Waals surface area contributed by atoms with E-state index < -0.39 is 10.1 Å². The molecule has 0 aliphatic carbocycles. The second-order valence-corrected chi connectivity index (χ2v) is 10.4. The molecule has 3 aromatic carbocycles. The van der Waals surface area contributed by atoms with Crippen LogP contribution in [0.1, 0.15) is 27.8 Å². The van der Waals surface area contributed by atoms with Crippen LogP contribution in [0.4, 0.5) is 0 Å². The highest BCUT2D eigenvalue weighted by Gasteiger charge is 2.13. The quantitative estimate of drug-likeness (QED) is 0.303. The first-order chi connectivity index (χ1) is 17.8. The molecular weight excluding hydrogens is 535 g/mol. The Bertz CT molecular complexity index is 1340. The van der Waals surface area contributed by atoms with Gasteiger partial charge in [0.2, 0.25) is 0 Å². The summed E-state index contributed by atoms with van der Waals surface area (Å²) >= 11 is 10.8. The lowest BCUT2D eigenvalue weighted by molar-refractivity contribution is 0.340. The van der Waals surface area contributed by atoms with Crippen molar-refractivity contribution < 1.29 is 22.4 Å². The third-order valence-corrected chi connectivity index (χ3v) is 6.84. The van der Waals surface area contributed by atoms with Gasteiger partial charge in [0.1, 0.15) is 18.1 Å². The Kier molecular flexibility index (Phi) is 11.0. The number of aryl methyl sites for hydroxylation is 1. The van der Waals surface area contributed by atoms with Gasteiger partial charge in [-0.25, -0.2) is 0 Å². The largest absolute Gasteiger partial charge is 0.508 e. The Morgan fingerprint density at radius 3 is 2.05 bits per heavy atom. The van der Waals surface area contributed by atoms with Crippen molar-refractivity contribution >= 4 is 45.7 Å². The zero-order valence-corrected chi connectivity index (χ0v) is 22.6. The second-order valence-electron chi connectivity index (χ2n) is 8.00. The molecule has 5 rings (SSSR count). The van der Waals surface area contributed by atoms with Gasteiger partial charge in [0.25, 0.3) is 10.1 Å². The molecule has 2 heterocycles. The average Bonchev–Trinajstić information content (AvgIpc) is 3.56. The molecule has 0 bridgehead atoms. The first-order valence-electron chi connectivity index (χ1n) is 11.5. The van der Waals surface area contributed by atoms with Crippen LogP contribution < -0.4 is 4.74 Å². The third kappa shape index (κ3) is 8.86. The number of alkyl halides is 2. The summed E-state index contributed by atoms with van der Waals surface area (Å²) in [5.41, 5.74) is 5.66. The summed E-state index contributed by atoms with van der Waals surface area (Å²) < 4.78 is 32.9. The lowest BCUT2D eigenvalue weighted by Crippen LogP contribution is -2.08. The number of halogens is 2. The Balaban J connectivity index is 0.000000156. The number of hydrogen-bond acceptors (Lipinski definition) is 7. The van der Waals surface area contributed by atoms with E-state index in [4.69, 9.17) is 33.0 Å². The monoisotopic (exact) mass is 562 g/mol. The number of aromatic hydroxyl groups is 1. The number of phenols is 1. The smallest absolute Gasteiger partial charge is 0.297 e. The Labute approximate surface area is 227 Å². The summed E-state index contributed by atoms with van der Waals surface area (Å²) in [6.45, 7) is 3.99. The van der Waals surface area contributed by atoms with Crippen molar-refractivity contribution in [2.45, 2.75) is 24.9 Å². The van der Waals surface area contributed by atoms with Gasteiger partial charge in [-0.15, -0.1) is 23.2 Å². The molecule has 0 amide bonds. The van der Waals surface area contributed by atoms with Crippen LogP contribution in [0.2, 0.25) is 0 Å². The van der Waals surface area contributed by atoms with Gasteiger partial charge in [-0.05, 0) is 54.4 Å². The molecule has 0 saturated heterocycles. The van der Waals surface area contributed by atoms with Gasteiger partial charge in [-0.2, -0.15) is 8.42 Å². The predicted molar refractivity (Wildman–Crippen MR) is 148 cm³/mol. The SMILES string of the molecule is Cc1ccc(S(=O)(=O)OCCCl)cc1.ClCCOc1ccc2c(c1)C=NC2.Oc1ccc2c(c1)C=NC2. The molecule has 7 nitrogen and oxygen atoms in total. The van der Waals surface area contributed by atoms with Crippen LogP contribution in [-0.2, 0) is 27.4 Å². The molecule has 0 aromatic heterocycles. The van der Waals surface area contributed by atoms with E-state index in [9.17, 15) is 8.42 Å².